The molecule has 0 bridgehead atoms. The van der Waals surface area contributed by atoms with E-state index in [1.54, 1.807) is 24.3 Å². The largest absolute Gasteiger partial charge is 0.465 e. The van der Waals surface area contributed by atoms with Crippen LogP contribution in [0.2, 0.25) is 0 Å². The van der Waals surface area contributed by atoms with Crippen LogP contribution in [0.5, 0.6) is 0 Å². The molecule has 0 unspecified atom stereocenters. The van der Waals surface area contributed by atoms with Crippen molar-refractivity contribution in [1.29, 1.82) is 0 Å². The summed E-state index contributed by atoms with van der Waals surface area (Å²) in [6.07, 6.45) is 0. The number of carbonyl (C=O) groups is 2. The summed E-state index contributed by atoms with van der Waals surface area (Å²) in [5, 5.41) is 2.81. The Balaban J connectivity index is 2.15. The number of hydrogen-bond donors (Lipinski definition) is 1. The van der Waals surface area contributed by atoms with Gasteiger partial charge < -0.3 is 10.1 Å². The summed E-state index contributed by atoms with van der Waals surface area (Å²) < 4.78 is 5.43. The Morgan fingerprint density at radius 3 is 2.24 bits per heavy atom. The van der Waals surface area contributed by atoms with Gasteiger partial charge >= 0.3 is 5.97 Å². The van der Waals surface area contributed by atoms with Gasteiger partial charge in [-0.05, 0) is 64.8 Å². The fourth-order valence-corrected chi connectivity index (χ4v) is 2.38. The molecule has 1 N–H and O–H groups in total. The zero-order valence-electron chi connectivity index (χ0n) is 11.6. The summed E-state index contributed by atoms with van der Waals surface area (Å²) in [6.45, 7) is 1.97. The topological polar surface area (TPSA) is 55.4 Å². The quantitative estimate of drug-likeness (QED) is 0.859. The summed E-state index contributed by atoms with van der Waals surface area (Å²) >= 11 is 3.41. The molecule has 0 radical (unpaired) electrons. The van der Waals surface area contributed by atoms with Gasteiger partial charge in [-0.2, -0.15) is 0 Å². The van der Waals surface area contributed by atoms with E-state index in [0.717, 1.165) is 10.0 Å². The number of amides is 1. The second kappa shape index (κ2) is 6.54. The van der Waals surface area contributed by atoms with Crippen molar-refractivity contribution < 1.29 is 14.3 Å². The van der Waals surface area contributed by atoms with E-state index in [2.05, 4.69) is 26.0 Å². The predicted octanol–water partition coefficient (Wildman–Crippen LogP) is 3.80. The lowest BCUT2D eigenvalue weighted by molar-refractivity contribution is 0.0600. The van der Waals surface area contributed by atoms with E-state index in [1.807, 2.05) is 25.1 Å². The van der Waals surface area contributed by atoms with Crippen molar-refractivity contribution in [3.05, 3.63) is 63.6 Å². The molecule has 0 fully saturated rings. The number of methoxy groups -OCH3 is 1. The highest BCUT2D eigenvalue weighted by Gasteiger charge is 2.10. The maximum absolute atomic E-state index is 12.2. The molecule has 5 heteroatoms. The lowest BCUT2D eigenvalue weighted by Gasteiger charge is -2.08. The number of hydrogen-bond acceptors (Lipinski definition) is 3. The van der Waals surface area contributed by atoms with Crippen LogP contribution in [0.3, 0.4) is 0 Å². The highest BCUT2D eigenvalue weighted by molar-refractivity contribution is 9.10. The molecule has 2 rings (SSSR count). The first kappa shape index (κ1) is 15.3. The van der Waals surface area contributed by atoms with Crippen LogP contribution >= 0.6 is 15.9 Å². The Bertz CT molecular complexity index is 680. The first-order valence-electron chi connectivity index (χ1n) is 6.27. The minimum atomic E-state index is -0.428. The van der Waals surface area contributed by atoms with E-state index >= 15 is 0 Å². The molecule has 0 saturated carbocycles. The summed E-state index contributed by atoms with van der Waals surface area (Å²) in [5.41, 5.74) is 2.67. The van der Waals surface area contributed by atoms with E-state index in [-0.39, 0.29) is 5.91 Å². The van der Waals surface area contributed by atoms with Crippen molar-refractivity contribution in [3.8, 4) is 0 Å². The van der Waals surface area contributed by atoms with Gasteiger partial charge in [0.2, 0.25) is 0 Å². The van der Waals surface area contributed by atoms with E-state index in [4.69, 9.17) is 0 Å². The summed E-state index contributed by atoms with van der Waals surface area (Å²) in [7, 11) is 1.32. The molecule has 0 heterocycles. The Labute approximate surface area is 131 Å². The number of rotatable bonds is 3. The van der Waals surface area contributed by atoms with E-state index in [0.29, 0.717) is 16.8 Å². The van der Waals surface area contributed by atoms with Crippen molar-refractivity contribution in [2.75, 3.05) is 12.4 Å². The molecule has 0 spiro atoms. The van der Waals surface area contributed by atoms with Crippen LogP contribution in [0.15, 0.2) is 46.9 Å². The zero-order chi connectivity index (χ0) is 15.4. The second-order valence-corrected chi connectivity index (χ2v) is 5.36. The lowest BCUT2D eigenvalue weighted by Crippen LogP contribution is -2.12. The third-order valence-electron chi connectivity index (χ3n) is 2.94. The summed E-state index contributed by atoms with van der Waals surface area (Å²) in [4.78, 5) is 23.5. The predicted molar refractivity (Wildman–Crippen MR) is 84.6 cm³/mol. The Kier molecular flexibility index (Phi) is 4.75. The van der Waals surface area contributed by atoms with E-state index in [1.165, 1.54) is 7.11 Å². The van der Waals surface area contributed by atoms with Gasteiger partial charge in [0, 0.05) is 10.0 Å². The van der Waals surface area contributed by atoms with Crippen molar-refractivity contribution in [1.82, 2.24) is 0 Å². The fourth-order valence-electron chi connectivity index (χ4n) is 1.79. The average molecular weight is 348 g/mol. The molecular formula is C16H14BrNO3. The number of carbonyl (C=O) groups excluding carboxylic acids is 2. The SMILES string of the molecule is COC(=O)c1ccc(C(=O)Nc2ccc(C)cc2Br)cc1. The Hall–Kier alpha value is -2.14. The number of ether oxygens (including phenoxy) is 1. The molecule has 0 aliphatic rings. The van der Waals surface area contributed by atoms with Crippen molar-refractivity contribution >= 4 is 33.5 Å². The number of halogens is 1. The highest BCUT2D eigenvalue weighted by atomic mass is 79.9. The summed E-state index contributed by atoms with van der Waals surface area (Å²) in [6, 6.07) is 12.0. The van der Waals surface area contributed by atoms with Gasteiger partial charge in [0.05, 0.1) is 18.4 Å². The molecule has 108 valence electrons. The van der Waals surface area contributed by atoms with Crippen LogP contribution in [0.25, 0.3) is 0 Å². The molecule has 0 aromatic heterocycles. The van der Waals surface area contributed by atoms with Gasteiger partial charge in [0.25, 0.3) is 5.91 Å². The minimum Gasteiger partial charge on any atom is -0.465 e. The highest BCUT2D eigenvalue weighted by Crippen LogP contribution is 2.24. The molecule has 2 aromatic rings. The molecule has 0 atom stereocenters. The van der Waals surface area contributed by atoms with Crippen LogP contribution in [0.1, 0.15) is 26.3 Å². The molecular weight excluding hydrogens is 334 g/mol. The van der Waals surface area contributed by atoms with Crippen LogP contribution in [0, 0.1) is 6.92 Å². The van der Waals surface area contributed by atoms with E-state index < -0.39 is 5.97 Å². The van der Waals surface area contributed by atoms with Gasteiger partial charge in [0.1, 0.15) is 0 Å². The normalized spacial score (nSPS) is 10.0. The molecule has 0 aliphatic carbocycles. The maximum atomic E-state index is 12.2. The first-order chi connectivity index (χ1) is 10.0. The molecule has 4 nitrogen and oxygen atoms in total. The zero-order valence-corrected chi connectivity index (χ0v) is 13.2. The number of esters is 1. The Morgan fingerprint density at radius 2 is 1.67 bits per heavy atom. The molecule has 0 aliphatic heterocycles. The fraction of sp³-hybridized carbons (Fsp3) is 0.125. The van der Waals surface area contributed by atoms with Gasteiger partial charge in [0.15, 0.2) is 0 Å². The van der Waals surface area contributed by atoms with Gasteiger partial charge in [-0.1, -0.05) is 6.07 Å². The van der Waals surface area contributed by atoms with Crippen molar-refractivity contribution in [2.24, 2.45) is 0 Å². The number of anilines is 1. The molecule has 21 heavy (non-hydrogen) atoms. The van der Waals surface area contributed by atoms with Crippen molar-refractivity contribution in [3.63, 3.8) is 0 Å². The van der Waals surface area contributed by atoms with Gasteiger partial charge in [-0.3, -0.25) is 4.79 Å². The first-order valence-corrected chi connectivity index (χ1v) is 7.06. The van der Waals surface area contributed by atoms with E-state index in [9.17, 15) is 9.59 Å². The number of benzene rings is 2. The molecule has 0 saturated heterocycles. The van der Waals surface area contributed by atoms with Crippen LogP contribution in [-0.4, -0.2) is 19.0 Å². The third-order valence-corrected chi connectivity index (χ3v) is 3.60. The maximum Gasteiger partial charge on any atom is 0.337 e. The number of aryl methyl sites for hydroxylation is 1. The average Bonchev–Trinajstić information content (AvgIpc) is 2.49. The third kappa shape index (κ3) is 3.70. The summed E-state index contributed by atoms with van der Waals surface area (Å²) in [5.74, 6) is -0.667. The minimum absolute atomic E-state index is 0.240. The van der Waals surface area contributed by atoms with Crippen LogP contribution < -0.4 is 5.32 Å². The standard InChI is InChI=1S/C16H14BrNO3/c1-10-3-8-14(13(17)9-10)18-15(19)11-4-6-12(7-5-11)16(20)21-2/h3-9H,1-2H3,(H,18,19). The Morgan fingerprint density at radius 1 is 1.05 bits per heavy atom. The molecule has 2 aromatic carbocycles. The smallest absolute Gasteiger partial charge is 0.337 e. The second-order valence-electron chi connectivity index (χ2n) is 4.51. The number of nitrogens with one attached hydrogen (secondary N) is 1. The van der Waals surface area contributed by atoms with Gasteiger partial charge in [-0.15, -0.1) is 0 Å². The monoisotopic (exact) mass is 347 g/mol. The van der Waals surface area contributed by atoms with Crippen LogP contribution in [-0.2, 0) is 4.74 Å². The lowest BCUT2D eigenvalue weighted by atomic mass is 10.1. The van der Waals surface area contributed by atoms with Crippen LogP contribution in [0.4, 0.5) is 5.69 Å². The molecule has 1 amide bonds. The van der Waals surface area contributed by atoms with Gasteiger partial charge in [-0.25, -0.2) is 4.79 Å². The van der Waals surface area contributed by atoms with Crippen molar-refractivity contribution in [2.45, 2.75) is 6.92 Å².